The van der Waals surface area contributed by atoms with Gasteiger partial charge in [0.25, 0.3) is 11.5 Å². The monoisotopic (exact) mass is 401 g/mol. The molecule has 9 heteroatoms. The molecule has 2 aromatic rings. The first-order valence-corrected chi connectivity index (χ1v) is 9.87. The van der Waals surface area contributed by atoms with E-state index in [4.69, 9.17) is 0 Å². The van der Waals surface area contributed by atoms with Crippen LogP contribution in [0.3, 0.4) is 0 Å². The van der Waals surface area contributed by atoms with Gasteiger partial charge in [-0.15, -0.1) is 0 Å². The van der Waals surface area contributed by atoms with E-state index in [0.717, 1.165) is 25.7 Å². The van der Waals surface area contributed by atoms with Crippen LogP contribution in [-0.4, -0.2) is 56.6 Å². The number of aryl methyl sites for hydroxylation is 1. The number of amides is 2. The standard InChI is InChI=1S/C20H27N5O4/c1-14-17(22-29-21-14)12-23(2)19(27)16-10-7-11-25(20(16)28)13-18(26)24(3)15-8-5-4-6-9-15/h7,10-11,15H,4-6,8-9,12-13H2,1-3H3. The number of likely N-dealkylation sites (N-methyl/N-ethyl adjacent to an activating group) is 1. The van der Waals surface area contributed by atoms with Gasteiger partial charge in [0, 0.05) is 26.3 Å². The van der Waals surface area contributed by atoms with Crippen molar-refractivity contribution in [1.82, 2.24) is 24.7 Å². The minimum absolute atomic E-state index is 0.0113. The molecule has 2 heterocycles. The van der Waals surface area contributed by atoms with Crippen LogP contribution in [0.15, 0.2) is 27.8 Å². The molecule has 1 aliphatic carbocycles. The van der Waals surface area contributed by atoms with Crippen molar-refractivity contribution in [1.29, 1.82) is 0 Å². The molecular weight excluding hydrogens is 374 g/mol. The van der Waals surface area contributed by atoms with Gasteiger partial charge >= 0.3 is 0 Å². The molecule has 0 saturated heterocycles. The van der Waals surface area contributed by atoms with Gasteiger partial charge in [0.2, 0.25) is 5.91 Å². The van der Waals surface area contributed by atoms with E-state index in [9.17, 15) is 14.4 Å². The van der Waals surface area contributed by atoms with E-state index in [2.05, 4.69) is 14.9 Å². The van der Waals surface area contributed by atoms with Gasteiger partial charge in [-0.2, -0.15) is 0 Å². The summed E-state index contributed by atoms with van der Waals surface area (Å²) in [4.78, 5) is 41.4. The van der Waals surface area contributed by atoms with Gasteiger partial charge in [-0.3, -0.25) is 14.4 Å². The zero-order valence-corrected chi connectivity index (χ0v) is 17.1. The Hall–Kier alpha value is -2.97. The second-order valence-corrected chi connectivity index (χ2v) is 7.61. The van der Waals surface area contributed by atoms with Crippen molar-refractivity contribution in [2.24, 2.45) is 0 Å². The Kier molecular flexibility index (Phi) is 6.46. The summed E-state index contributed by atoms with van der Waals surface area (Å²) in [5, 5.41) is 7.45. The third kappa shape index (κ3) is 4.72. The van der Waals surface area contributed by atoms with Crippen LogP contribution in [0.5, 0.6) is 0 Å². The summed E-state index contributed by atoms with van der Waals surface area (Å²) in [6, 6.07) is 3.31. The van der Waals surface area contributed by atoms with Gasteiger partial charge in [0.1, 0.15) is 23.5 Å². The second kappa shape index (κ2) is 9.02. The minimum atomic E-state index is -0.482. The molecule has 1 fully saturated rings. The second-order valence-electron chi connectivity index (χ2n) is 7.61. The fourth-order valence-corrected chi connectivity index (χ4v) is 3.65. The number of rotatable bonds is 6. The number of hydrogen-bond donors (Lipinski definition) is 0. The van der Waals surface area contributed by atoms with E-state index < -0.39 is 11.5 Å². The maximum Gasteiger partial charge on any atom is 0.263 e. The smallest absolute Gasteiger partial charge is 0.263 e. The Labute approximate surface area is 169 Å². The number of aromatic nitrogens is 3. The third-order valence-electron chi connectivity index (χ3n) is 5.55. The number of nitrogens with zero attached hydrogens (tertiary/aromatic N) is 5. The summed E-state index contributed by atoms with van der Waals surface area (Å²) in [6.07, 6.45) is 6.99. The summed E-state index contributed by atoms with van der Waals surface area (Å²) in [7, 11) is 3.37. The Balaban J connectivity index is 1.71. The predicted molar refractivity (Wildman–Crippen MR) is 105 cm³/mol. The van der Waals surface area contributed by atoms with Crippen LogP contribution < -0.4 is 5.56 Å². The van der Waals surface area contributed by atoms with Crippen LogP contribution in [0.2, 0.25) is 0 Å². The van der Waals surface area contributed by atoms with E-state index in [-0.39, 0.29) is 30.6 Å². The first kappa shape index (κ1) is 20.8. The predicted octanol–water partition coefficient (Wildman–Crippen LogP) is 1.60. The summed E-state index contributed by atoms with van der Waals surface area (Å²) < 4.78 is 5.94. The van der Waals surface area contributed by atoms with Crippen LogP contribution >= 0.6 is 0 Å². The van der Waals surface area contributed by atoms with Crippen LogP contribution in [0.25, 0.3) is 0 Å². The molecule has 0 aliphatic heterocycles. The van der Waals surface area contributed by atoms with Gasteiger partial charge < -0.3 is 14.4 Å². The van der Waals surface area contributed by atoms with E-state index in [0.29, 0.717) is 11.4 Å². The number of pyridine rings is 1. The molecule has 2 aromatic heterocycles. The van der Waals surface area contributed by atoms with Crippen LogP contribution in [0.4, 0.5) is 0 Å². The highest BCUT2D eigenvalue weighted by Gasteiger charge is 2.24. The molecule has 0 aromatic carbocycles. The summed E-state index contributed by atoms with van der Waals surface area (Å²) >= 11 is 0. The molecular formula is C20H27N5O4. The lowest BCUT2D eigenvalue weighted by Gasteiger charge is -2.31. The van der Waals surface area contributed by atoms with Gasteiger partial charge in [-0.1, -0.05) is 29.6 Å². The molecule has 0 radical (unpaired) electrons. The molecule has 2 amide bonds. The molecule has 0 unspecified atom stereocenters. The van der Waals surface area contributed by atoms with Crippen molar-refractivity contribution in [2.75, 3.05) is 14.1 Å². The van der Waals surface area contributed by atoms with E-state index >= 15 is 0 Å². The van der Waals surface area contributed by atoms with E-state index in [1.165, 1.54) is 28.2 Å². The highest BCUT2D eigenvalue weighted by atomic mass is 16.6. The lowest BCUT2D eigenvalue weighted by atomic mass is 9.94. The lowest BCUT2D eigenvalue weighted by Crippen LogP contribution is -2.42. The maximum atomic E-state index is 12.8. The van der Waals surface area contributed by atoms with Gasteiger partial charge in [0.05, 0.1) is 6.54 Å². The first-order valence-electron chi connectivity index (χ1n) is 9.87. The number of carbonyl (C=O) groups excluding carboxylic acids is 2. The van der Waals surface area contributed by atoms with E-state index in [1.54, 1.807) is 32.0 Å². The largest absolute Gasteiger partial charge is 0.341 e. The highest BCUT2D eigenvalue weighted by molar-refractivity contribution is 5.93. The first-order chi connectivity index (χ1) is 13.9. The molecule has 3 rings (SSSR count). The van der Waals surface area contributed by atoms with Crippen molar-refractivity contribution >= 4 is 11.8 Å². The average molecular weight is 401 g/mol. The molecule has 0 N–H and O–H groups in total. The summed E-state index contributed by atoms with van der Waals surface area (Å²) in [6.45, 7) is 1.82. The third-order valence-corrected chi connectivity index (χ3v) is 5.55. The summed E-state index contributed by atoms with van der Waals surface area (Å²) in [5.41, 5.74) is 0.648. The molecule has 29 heavy (non-hydrogen) atoms. The van der Waals surface area contributed by atoms with Crippen LogP contribution in [0, 0.1) is 6.92 Å². The van der Waals surface area contributed by atoms with Crippen LogP contribution in [-0.2, 0) is 17.9 Å². The molecule has 9 nitrogen and oxygen atoms in total. The minimum Gasteiger partial charge on any atom is -0.341 e. The molecule has 0 bridgehead atoms. The van der Waals surface area contributed by atoms with Crippen molar-refractivity contribution in [3.8, 4) is 0 Å². The van der Waals surface area contributed by atoms with Crippen molar-refractivity contribution in [3.63, 3.8) is 0 Å². The maximum absolute atomic E-state index is 12.8. The Morgan fingerprint density at radius 1 is 1.21 bits per heavy atom. The Morgan fingerprint density at radius 2 is 1.93 bits per heavy atom. The fourth-order valence-electron chi connectivity index (χ4n) is 3.65. The van der Waals surface area contributed by atoms with Crippen molar-refractivity contribution in [2.45, 2.75) is 58.2 Å². The van der Waals surface area contributed by atoms with E-state index in [1.807, 2.05) is 0 Å². The zero-order chi connectivity index (χ0) is 21.0. The van der Waals surface area contributed by atoms with Crippen LogP contribution in [0.1, 0.15) is 53.8 Å². The number of carbonyl (C=O) groups is 2. The molecule has 156 valence electrons. The lowest BCUT2D eigenvalue weighted by molar-refractivity contribution is -0.133. The molecule has 1 saturated carbocycles. The molecule has 0 atom stereocenters. The zero-order valence-electron chi connectivity index (χ0n) is 17.1. The van der Waals surface area contributed by atoms with Gasteiger partial charge in [-0.05, 0) is 31.9 Å². The number of hydrogen-bond acceptors (Lipinski definition) is 6. The van der Waals surface area contributed by atoms with Crippen molar-refractivity contribution < 1.29 is 14.2 Å². The molecule has 1 aliphatic rings. The summed E-state index contributed by atoms with van der Waals surface area (Å²) in [5.74, 6) is -0.568. The molecule has 0 spiro atoms. The highest BCUT2D eigenvalue weighted by Crippen LogP contribution is 2.21. The quantitative estimate of drug-likeness (QED) is 0.729. The van der Waals surface area contributed by atoms with Crippen molar-refractivity contribution in [3.05, 3.63) is 45.6 Å². The fraction of sp³-hybridized carbons (Fsp3) is 0.550. The normalized spacial score (nSPS) is 14.6. The average Bonchev–Trinajstić information content (AvgIpc) is 3.13. The SMILES string of the molecule is Cc1nonc1CN(C)C(=O)c1cccn(CC(=O)N(C)C2CCCCC2)c1=O. The Morgan fingerprint density at radius 3 is 2.59 bits per heavy atom. The Bertz CT molecular complexity index is 929. The van der Waals surface area contributed by atoms with Gasteiger partial charge in [-0.25, -0.2) is 4.63 Å². The topological polar surface area (TPSA) is 102 Å². The van der Waals surface area contributed by atoms with Gasteiger partial charge in [0.15, 0.2) is 0 Å².